The van der Waals surface area contributed by atoms with E-state index in [1.165, 1.54) is 0 Å². The minimum Gasteiger partial charge on any atom is -0.486 e. The van der Waals surface area contributed by atoms with Crippen molar-refractivity contribution in [1.82, 2.24) is 10.1 Å². The molecule has 0 amide bonds. The van der Waals surface area contributed by atoms with Gasteiger partial charge < -0.3 is 19.7 Å². The minimum atomic E-state index is -0.256. The van der Waals surface area contributed by atoms with Gasteiger partial charge in [0.05, 0.1) is 6.04 Å². The van der Waals surface area contributed by atoms with Crippen LogP contribution in [0.2, 0.25) is 0 Å². The number of benzene rings is 1. The molecule has 2 N–H and O–H groups in total. The molecule has 0 saturated heterocycles. The second-order valence-electron chi connectivity index (χ2n) is 5.08. The molecule has 1 aromatic carbocycles. The Balaban J connectivity index is 1.89. The van der Waals surface area contributed by atoms with Crippen molar-refractivity contribution >= 4 is 0 Å². The van der Waals surface area contributed by atoms with Gasteiger partial charge in [-0.1, -0.05) is 19.0 Å². The number of rotatable bonds is 3. The lowest BCUT2D eigenvalue weighted by atomic mass is 10.1. The first-order valence-electron chi connectivity index (χ1n) is 6.64. The summed E-state index contributed by atoms with van der Waals surface area (Å²) in [6, 6.07) is 5.32. The molecule has 6 heteroatoms. The maximum Gasteiger partial charge on any atom is 0.244 e. The van der Waals surface area contributed by atoms with Crippen LogP contribution in [0.15, 0.2) is 22.7 Å². The van der Waals surface area contributed by atoms with Gasteiger partial charge in [0.1, 0.15) is 13.2 Å². The first-order chi connectivity index (χ1) is 9.65. The van der Waals surface area contributed by atoms with Crippen LogP contribution >= 0.6 is 0 Å². The third kappa shape index (κ3) is 2.34. The highest BCUT2D eigenvalue weighted by Crippen LogP contribution is 2.34. The van der Waals surface area contributed by atoms with Gasteiger partial charge in [-0.3, -0.25) is 0 Å². The zero-order valence-corrected chi connectivity index (χ0v) is 11.5. The second-order valence-corrected chi connectivity index (χ2v) is 5.08. The Kier molecular flexibility index (Phi) is 3.31. The summed E-state index contributed by atoms with van der Waals surface area (Å²) in [5.41, 5.74) is 6.82. The normalized spacial score (nSPS) is 15.4. The van der Waals surface area contributed by atoms with Crippen molar-refractivity contribution in [1.29, 1.82) is 0 Å². The topological polar surface area (TPSA) is 83.4 Å². The van der Waals surface area contributed by atoms with Gasteiger partial charge >= 0.3 is 0 Å². The highest BCUT2D eigenvalue weighted by molar-refractivity contribution is 5.61. The van der Waals surface area contributed by atoms with Crippen LogP contribution in [-0.4, -0.2) is 23.4 Å². The number of ether oxygens (including phenoxy) is 2. The fraction of sp³-hybridized carbons (Fsp3) is 0.429. The lowest BCUT2D eigenvalue weighted by Gasteiger charge is -2.18. The summed E-state index contributed by atoms with van der Waals surface area (Å²) < 4.78 is 16.3. The van der Waals surface area contributed by atoms with E-state index in [0.717, 1.165) is 11.3 Å². The second kappa shape index (κ2) is 5.13. The lowest BCUT2D eigenvalue weighted by Crippen LogP contribution is -2.17. The Morgan fingerprint density at radius 2 is 1.90 bits per heavy atom. The molecule has 0 radical (unpaired) electrons. The van der Waals surface area contributed by atoms with Crippen LogP contribution in [0.5, 0.6) is 11.5 Å². The van der Waals surface area contributed by atoms with Crippen molar-refractivity contribution in [3.63, 3.8) is 0 Å². The van der Waals surface area contributed by atoms with E-state index in [9.17, 15) is 0 Å². The van der Waals surface area contributed by atoms with Gasteiger partial charge in [-0.15, -0.1) is 0 Å². The van der Waals surface area contributed by atoms with E-state index in [2.05, 4.69) is 10.1 Å². The first-order valence-corrected chi connectivity index (χ1v) is 6.64. The van der Waals surface area contributed by atoms with Crippen LogP contribution < -0.4 is 15.2 Å². The monoisotopic (exact) mass is 275 g/mol. The predicted octanol–water partition coefficient (Wildman–Crippen LogP) is 2.16. The van der Waals surface area contributed by atoms with Crippen molar-refractivity contribution < 1.29 is 14.0 Å². The Morgan fingerprint density at radius 1 is 1.15 bits per heavy atom. The Labute approximate surface area is 116 Å². The van der Waals surface area contributed by atoms with Crippen LogP contribution in [0.3, 0.4) is 0 Å². The molecular formula is C14H17N3O3. The number of aromatic nitrogens is 2. The number of fused-ring (bicyclic) bond motifs is 1. The molecule has 1 atom stereocenters. The van der Waals surface area contributed by atoms with E-state index < -0.39 is 0 Å². The molecule has 0 unspecified atom stereocenters. The largest absolute Gasteiger partial charge is 0.486 e. The Morgan fingerprint density at radius 3 is 2.65 bits per heavy atom. The Hall–Kier alpha value is -2.08. The van der Waals surface area contributed by atoms with Crippen LogP contribution in [0.4, 0.5) is 0 Å². The number of hydrogen-bond acceptors (Lipinski definition) is 6. The molecular weight excluding hydrogens is 258 g/mol. The molecule has 0 spiro atoms. The third-order valence-electron chi connectivity index (χ3n) is 3.25. The highest BCUT2D eigenvalue weighted by atomic mass is 16.6. The predicted molar refractivity (Wildman–Crippen MR) is 72.5 cm³/mol. The summed E-state index contributed by atoms with van der Waals surface area (Å²) in [5, 5.41) is 3.98. The highest BCUT2D eigenvalue weighted by Gasteiger charge is 2.20. The molecule has 6 nitrogen and oxygen atoms in total. The van der Waals surface area contributed by atoms with E-state index in [-0.39, 0.29) is 12.0 Å². The van der Waals surface area contributed by atoms with Crippen molar-refractivity contribution in [2.24, 2.45) is 11.7 Å². The van der Waals surface area contributed by atoms with Gasteiger partial charge in [-0.25, -0.2) is 0 Å². The molecule has 2 aromatic rings. The molecule has 2 heterocycles. The fourth-order valence-corrected chi connectivity index (χ4v) is 1.96. The standard InChI is InChI=1S/C14H17N3O3/c1-8(2)12(15)14-16-13(17-20-14)9-3-4-10-11(7-9)19-6-5-18-10/h3-4,7-8,12H,5-6,15H2,1-2H3/t12-/m0/s1. The SMILES string of the molecule is CC(C)[C@H](N)c1nc(-c2ccc3c(c2)OCCO3)no1. The molecule has 0 aliphatic carbocycles. The average Bonchev–Trinajstić information content (AvgIpc) is 2.95. The van der Waals surface area contributed by atoms with E-state index in [1.807, 2.05) is 32.0 Å². The number of hydrogen-bond donors (Lipinski definition) is 1. The van der Waals surface area contributed by atoms with E-state index in [1.54, 1.807) is 0 Å². The van der Waals surface area contributed by atoms with Crippen LogP contribution in [0, 0.1) is 5.92 Å². The van der Waals surface area contributed by atoms with Crippen LogP contribution in [0.1, 0.15) is 25.8 Å². The van der Waals surface area contributed by atoms with E-state index in [0.29, 0.717) is 30.7 Å². The quantitative estimate of drug-likeness (QED) is 0.924. The van der Waals surface area contributed by atoms with Gasteiger partial charge in [0.15, 0.2) is 11.5 Å². The maximum atomic E-state index is 6.00. The van der Waals surface area contributed by atoms with Crippen molar-refractivity contribution in [3.8, 4) is 22.9 Å². The summed E-state index contributed by atoms with van der Waals surface area (Å²) in [6.07, 6.45) is 0. The van der Waals surface area contributed by atoms with Gasteiger partial charge in [0.25, 0.3) is 0 Å². The van der Waals surface area contributed by atoms with Crippen molar-refractivity contribution in [3.05, 3.63) is 24.1 Å². The smallest absolute Gasteiger partial charge is 0.244 e. The van der Waals surface area contributed by atoms with Gasteiger partial charge in [-0.05, 0) is 24.1 Å². The summed E-state index contributed by atoms with van der Waals surface area (Å²) in [4.78, 5) is 4.35. The van der Waals surface area contributed by atoms with Crippen LogP contribution in [-0.2, 0) is 0 Å². The number of nitrogens with two attached hydrogens (primary N) is 1. The average molecular weight is 275 g/mol. The summed E-state index contributed by atoms with van der Waals surface area (Å²) in [6.45, 7) is 5.14. The molecule has 106 valence electrons. The summed E-state index contributed by atoms with van der Waals surface area (Å²) >= 11 is 0. The Bertz CT molecular complexity index is 609. The zero-order valence-electron chi connectivity index (χ0n) is 11.5. The molecule has 1 aliphatic heterocycles. The third-order valence-corrected chi connectivity index (χ3v) is 3.25. The molecule has 0 saturated carbocycles. The summed E-state index contributed by atoms with van der Waals surface area (Å²) in [5.74, 6) is 2.64. The molecule has 1 aliphatic rings. The number of nitrogens with zero attached hydrogens (tertiary/aromatic N) is 2. The first kappa shape index (κ1) is 12.9. The minimum absolute atomic E-state index is 0.239. The molecule has 20 heavy (non-hydrogen) atoms. The fourth-order valence-electron chi connectivity index (χ4n) is 1.96. The zero-order chi connectivity index (χ0) is 14.1. The van der Waals surface area contributed by atoms with Gasteiger partial charge in [0, 0.05) is 5.56 Å². The van der Waals surface area contributed by atoms with Crippen molar-refractivity contribution in [2.45, 2.75) is 19.9 Å². The molecule has 3 rings (SSSR count). The lowest BCUT2D eigenvalue weighted by molar-refractivity contribution is 0.171. The van der Waals surface area contributed by atoms with Gasteiger partial charge in [-0.2, -0.15) is 4.98 Å². The van der Waals surface area contributed by atoms with Crippen molar-refractivity contribution in [2.75, 3.05) is 13.2 Å². The molecule has 0 bridgehead atoms. The van der Waals surface area contributed by atoms with E-state index >= 15 is 0 Å². The molecule has 1 aromatic heterocycles. The van der Waals surface area contributed by atoms with E-state index in [4.69, 9.17) is 19.7 Å². The molecule has 0 fully saturated rings. The van der Waals surface area contributed by atoms with Gasteiger partial charge in [0.2, 0.25) is 11.7 Å². The van der Waals surface area contributed by atoms with Crippen LogP contribution in [0.25, 0.3) is 11.4 Å². The summed E-state index contributed by atoms with van der Waals surface area (Å²) in [7, 11) is 0. The maximum absolute atomic E-state index is 6.00.